The molecule has 0 spiro atoms. The second-order valence-corrected chi connectivity index (χ2v) is 12.6. The fourth-order valence-corrected chi connectivity index (χ4v) is 5.99. The van der Waals surface area contributed by atoms with Gasteiger partial charge in [-0.25, -0.2) is 8.42 Å². The summed E-state index contributed by atoms with van der Waals surface area (Å²) in [5.74, 6) is 2.12. The van der Waals surface area contributed by atoms with Gasteiger partial charge in [0.15, 0.2) is 9.84 Å². The number of para-hydroxylation sites is 1. The zero-order valence-corrected chi connectivity index (χ0v) is 23.9. The molecule has 0 bridgehead atoms. The second-order valence-electron chi connectivity index (χ2n) is 10.6. The van der Waals surface area contributed by atoms with Crippen LogP contribution in [0.15, 0.2) is 53.6 Å². The topological polar surface area (TPSA) is 112 Å². The van der Waals surface area contributed by atoms with Gasteiger partial charge in [0.25, 0.3) is 0 Å². The molecule has 3 N–H and O–H groups in total. The summed E-state index contributed by atoms with van der Waals surface area (Å²) in [6.07, 6.45) is 5.23. The van der Waals surface area contributed by atoms with Gasteiger partial charge in [0.05, 0.1) is 27.8 Å². The highest BCUT2D eigenvalue weighted by molar-refractivity contribution is 7.90. The first kappa shape index (κ1) is 27.0. The molecular weight excluding hydrogens is 512 g/mol. The zero-order valence-electron chi connectivity index (χ0n) is 23.1. The molecule has 1 aliphatic heterocycles. The summed E-state index contributed by atoms with van der Waals surface area (Å²) in [5, 5.41) is 7.34. The molecule has 2 aromatic carbocycles. The van der Waals surface area contributed by atoms with Crippen molar-refractivity contribution in [2.24, 2.45) is 0 Å². The van der Waals surface area contributed by atoms with E-state index >= 15 is 0 Å². The number of nitrogens with one attached hydrogen (secondary N) is 3. The van der Waals surface area contributed by atoms with Crippen LogP contribution in [-0.4, -0.2) is 60.8 Å². The molecule has 10 heteroatoms. The average molecular weight is 549 g/mol. The van der Waals surface area contributed by atoms with E-state index in [0.29, 0.717) is 29.0 Å². The number of aromatic amines is 1. The largest absolute Gasteiger partial charge is 0.489 e. The van der Waals surface area contributed by atoms with Crippen LogP contribution in [0.4, 0.5) is 23.1 Å². The minimum Gasteiger partial charge on any atom is -0.489 e. The molecule has 0 radical (unpaired) electrons. The third-order valence-corrected chi connectivity index (χ3v) is 8.25. The summed E-state index contributed by atoms with van der Waals surface area (Å²) in [6, 6.07) is 12.9. The maximum absolute atomic E-state index is 12.4. The van der Waals surface area contributed by atoms with Gasteiger partial charge in [-0.2, -0.15) is 9.97 Å². The van der Waals surface area contributed by atoms with Gasteiger partial charge in [0.1, 0.15) is 17.2 Å². The number of rotatable bonds is 8. The molecule has 3 heterocycles. The predicted molar refractivity (Wildman–Crippen MR) is 156 cm³/mol. The molecule has 206 valence electrons. The van der Waals surface area contributed by atoms with E-state index in [0.717, 1.165) is 42.8 Å². The van der Waals surface area contributed by atoms with E-state index in [-0.39, 0.29) is 11.0 Å². The maximum Gasteiger partial charge on any atom is 0.231 e. The molecule has 39 heavy (non-hydrogen) atoms. The Hall–Kier alpha value is -3.63. The van der Waals surface area contributed by atoms with Crippen molar-refractivity contribution in [1.82, 2.24) is 19.9 Å². The Bertz CT molecular complexity index is 1590. The van der Waals surface area contributed by atoms with Gasteiger partial charge in [-0.15, -0.1) is 0 Å². The molecule has 1 saturated heterocycles. The van der Waals surface area contributed by atoms with Gasteiger partial charge in [-0.3, -0.25) is 0 Å². The normalized spacial score (nSPS) is 15.1. The molecule has 9 nitrogen and oxygen atoms in total. The third kappa shape index (κ3) is 6.02. The predicted octanol–water partition coefficient (Wildman–Crippen LogP) is 5.75. The lowest BCUT2D eigenvalue weighted by molar-refractivity contribution is 0.241. The van der Waals surface area contributed by atoms with E-state index < -0.39 is 9.84 Å². The van der Waals surface area contributed by atoms with Crippen LogP contribution in [0.25, 0.3) is 11.0 Å². The Labute approximate surface area is 229 Å². The summed E-state index contributed by atoms with van der Waals surface area (Å²) in [5.41, 5.74) is 4.38. The first-order chi connectivity index (χ1) is 18.6. The minimum absolute atomic E-state index is 0.00452. The lowest BCUT2D eigenvalue weighted by atomic mass is 9.86. The fourth-order valence-electron chi connectivity index (χ4n) is 5.15. The van der Waals surface area contributed by atoms with Gasteiger partial charge in [0.2, 0.25) is 5.95 Å². The molecule has 4 aromatic rings. The molecule has 1 aliphatic rings. The summed E-state index contributed by atoms with van der Waals surface area (Å²) in [4.78, 5) is 15.2. The molecule has 0 atom stereocenters. The highest BCUT2D eigenvalue weighted by Gasteiger charge is 2.23. The van der Waals surface area contributed by atoms with Crippen molar-refractivity contribution in [1.29, 1.82) is 0 Å². The Morgan fingerprint density at radius 1 is 1.05 bits per heavy atom. The van der Waals surface area contributed by atoms with E-state index in [1.807, 2.05) is 19.9 Å². The van der Waals surface area contributed by atoms with Crippen molar-refractivity contribution in [3.05, 3.63) is 59.8 Å². The number of hydrogen-bond acceptors (Lipinski definition) is 8. The number of likely N-dealkylation sites (tertiary alicyclic amines) is 1. The van der Waals surface area contributed by atoms with Gasteiger partial charge in [-0.05, 0) is 101 Å². The Morgan fingerprint density at radius 2 is 1.79 bits per heavy atom. The molecular formula is C29H36N6O3S. The number of piperidine rings is 1. The molecule has 0 aliphatic carbocycles. The lowest BCUT2D eigenvalue weighted by Gasteiger charge is -2.30. The Kier molecular flexibility index (Phi) is 7.51. The number of aromatic nitrogens is 3. The van der Waals surface area contributed by atoms with Gasteiger partial charge >= 0.3 is 0 Å². The van der Waals surface area contributed by atoms with Crippen molar-refractivity contribution in [3.8, 4) is 5.75 Å². The Balaban J connectivity index is 1.52. The number of ether oxygens (including phenoxy) is 1. The number of aryl methyl sites for hydroxylation is 1. The number of sulfone groups is 1. The molecule has 0 unspecified atom stereocenters. The van der Waals surface area contributed by atoms with E-state index in [1.54, 1.807) is 30.5 Å². The SMILES string of the molecule is Cc1cc(Nc2nc(Nc3ccccc3S(C)(=O)=O)c3cc[nH]c3n2)c(OC(C)C)cc1C1CCN(C)CC1. The van der Waals surface area contributed by atoms with Crippen molar-refractivity contribution in [2.45, 2.75) is 50.5 Å². The molecule has 0 saturated carbocycles. The molecule has 1 fully saturated rings. The van der Waals surface area contributed by atoms with Crippen LogP contribution in [0.2, 0.25) is 0 Å². The summed E-state index contributed by atoms with van der Waals surface area (Å²) < 4.78 is 31.0. The van der Waals surface area contributed by atoms with Crippen LogP contribution in [0.1, 0.15) is 43.7 Å². The van der Waals surface area contributed by atoms with Crippen LogP contribution in [0.5, 0.6) is 5.75 Å². The van der Waals surface area contributed by atoms with Crippen molar-refractivity contribution in [2.75, 3.05) is 37.0 Å². The number of nitrogens with zero attached hydrogens (tertiary/aromatic N) is 3. The maximum atomic E-state index is 12.4. The van der Waals surface area contributed by atoms with E-state index in [4.69, 9.17) is 9.72 Å². The first-order valence-corrected chi connectivity index (χ1v) is 15.2. The summed E-state index contributed by atoms with van der Waals surface area (Å²) >= 11 is 0. The van der Waals surface area contributed by atoms with Crippen LogP contribution in [0.3, 0.4) is 0 Å². The standard InChI is InChI=1S/C29H36N6O3S/c1-18(2)38-25-17-22(20-11-14-35(4)15-12-20)19(3)16-24(25)32-29-33-27-21(10-13-30-27)28(34-29)31-23-8-6-7-9-26(23)39(5,36)37/h6-10,13,16-18,20H,11-12,14-15H2,1-5H3,(H3,30,31,32,33,34). The smallest absolute Gasteiger partial charge is 0.231 e. The molecule has 2 aromatic heterocycles. The lowest BCUT2D eigenvalue weighted by Crippen LogP contribution is -2.29. The van der Waals surface area contributed by atoms with E-state index in [1.165, 1.54) is 17.4 Å². The molecule has 5 rings (SSSR count). The zero-order chi connectivity index (χ0) is 27.7. The number of hydrogen-bond donors (Lipinski definition) is 3. The van der Waals surface area contributed by atoms with Crippen molar-refractivity contribution >= 4 is 44.0 Å². The van der Waals surface area contributed by atoms with Gasteiger partial charge in [0, 0.05) is 12.5 Å². The number of fused-ring (bicyclic) bond motifs is 1. The monoisotopic (exact) mass is 548 g/mol. The second kappa shape index (κ2) is 10.9. The number of benzene rings is 2. The summed E-state index contributed by atoms with van der Waals surface area (Å²) in [7, 11) is -1.27. The molecule has 0 amide bonds. The van der Waals surface area contributed by atoms with Crippen LogP contribution >= 0.6 is 0 Å². The van der Waals surface area contributed by atoms with E-state index in [9.17, 15) is 8.42 Å². The quantitative estimate of drug-likeness (QED) is 0.255. The number of anilines is 4. The number of H-pyrrole nitrogens is 1. The van der Waals surface area contributed by atoms with Crippen LogP contribution < -0.4 is 15.4 Å². The van der Waals surface area contributed by atoms with Crippen molar-refractivity contribution in [3.63, 3.8) is 0 Å². The van der Waals surface area contributed by atoms with Crippen LogP contribution in [0, 0.1) is 6.92 Å². The highest BCUT2D eigenvalue weighted by Crippen LogP contribution is 2.38. The van der Waals surface area contributed by atoms with Gasteiger partial charge < -0.3 is 25.3 Å². The highest BCUT2D eigenvalue weighted by atomic mass is 32.2. The van der Waals surface area contributed by atoms with Crippen LogP contribution in [-0.2, 0) is 9.84 Å². The Morgan fingerprint density at radius 3 is 2.51 bits per heavy atom. The minimum atomic E-state index is -3.44. The summed E-state index contributed by atoms with van der Waals surface area (Å²) in [6.45, 7) is 8.35. The average Bonchev–Trinajstić information content (AvgIpc) is 3.35. The van der Waals surface area contributed by atoms with Crippen molar-refractivity contribution < 1.29 is 13.2 Å². The first-order valence-electron chi connectivity index (χ1n) is 13.3. The van der Waals surface area contributed by atoms with Gasteiger partial charge in [-0.1, -0.05) is 12.1 Å². The van der Waals surface area contributed by atoms with E-state index in [2.05, 4.69) is 51.6 Å². The fraction of sp³-hybridized carbons (Fsp3) is 0.379. The third-order valence-electron chi connectivity index (χ3n) is 7.09.